The summed E-state index contributed by atoms with van der Waals surface area (Å²) in [4.78, 5) is 22.6. The summed E-state index contributed by atoms with van der Waals surface area (Å²) in [6.45, 7) is -0.423. The highest BCUT2D eigenvalue weighted by Crippen LogP contribution is 2.48. The number of hydrogen-bond acceptors (Lipinski definition) is 5. The van der Waals surface area contributed by atoms with Crippen LogP contribution in [0.4, 0.5) is 22.0 Å². The molecule has 13 heteroatoms. The average Bonchev–Trinajstić information content (AvgIpc) is 3.49. The summed E-state index contributed by atoms with van der Waals surface area (Å²) < 4.78 is 72.4. The monoisotopic (exact) mass is 525 g/mol. The van der Waals surface area contributed by atoms with Crippen molar-refractivity contribution in [2.24, 2.45) is 0 Å². The predicted octanol–water partition coefficient (Wildman–Crippen LogP) is 4.11. The predicted molar refractivity (Wildman–Crippen MR) is 117 cm³/mol. The number of nitrogens with zero attached hydrogens (tertiary/aromatic N) is 4. The van der Waals surface area contributed by atoms with Crippen molar-refractivity contribution in [1.82, 2.24) is 25.1 Å². The molecule has 2 aliphatic rings. The van der Waals surface area contributed by atoms with Crippen LogP contribution in [0.2, 0.25) is 5.02 Å². The number of pyridine rings is 1. The van der Waals surface area contributed by atoms with Crippen molar-refractivity contribution in [2.75, 3.05) is 13.1 Å². The van der Waals surface area contributed by atoms with Gasteiger partial charge in [-0.1, -0.05) is 17.7 Å². The molecule has 5 rings (SSSR count). The number of alkyl halides is 4. The van der Waals surface area contributed by atoms with Crippen LogP contribution >= 0.6 is 11.6 Å². The zero-order valence-corrected chi connectivity index (χ0v) is 19.0. The lowest BCUT2D eigenvalue weighted by Crippen LogP contribution is -2.59. The van der Waals surface area contributed by atoms with Crippen LogP contribution < -0.4 is 5.48 Å². The minimum absolute atomic E-state index is 0.0184. The maximum atomic E-state index is 15.3. The fourth-order valence-corrected chi connectivity index (χ4v) is 4.24. The number of halogens is 6. The van der Waals surface area contributed by atoms with E-state index in [1.165, 1.54) is 34.1 Å². The molecule has 1 fully saturated rings. The molecule has 1 unspecified atom stereocenters. The molecule has 0 saturated carbocycles. The fraction of sp³-hybridized carbons (Fsp3) is 0.261. The van der Waals surface area contributed by atoms with Crippen LogP contribution in [0.25, 0.3) is 5.70 Å². The molecule has 0 spiro atoms. The second-order valence-corrected chi connectivity index (χ2v) is 8.88. The first-order valence-electron chi connectivity index (χ1n) is 10.6. The summed E-state index contributed by atoms with van der Waals surface area (Å²) in [5, 5.41) is 3.45. The topological polar surface area (TPSA) is 72.3 Å². The number of hydrogen-bond donors (Lipinski definition) is 1. The molecule has 1 aromatic carbocycles. The molecule has 1 amide bonds. The number of amides is 1. The first kappa shape index (κ1) is 24.2. The van der Waals surface area contributed by atoms with Crippen LogP contribution in [0.3, 0.4) is 0 Å². The van der Waals surface area contributed by atoms with E-state index >= 15 is 4.39 Å². The molecule has 1 N–H and O–H groups in total. The maximum absolute atomic E-state index is 15.3. The molecule has 2 aromatic heterocycles. The lowest BCUT2D eigenvalue weighted by molar-refractivity contribution is -0.269. The summed E-state index contributed by atoms with van der Waals surface area (Å²) in [6.07, 6.45) is 0.224. The van der Waals surface area contributed by atoms with Gasteiger partial charge in [-0.3, -0.25) is 24.8 Å². The van der Waals surface area contributed by atoms with E-state index in [2.05, 4.69) is 15.6 Å². The third-order valence-electron chi connectivity index (χ3n) is 6.06. The number of aromatic nitrogens is 3. The smallest absolute Gasteiger partial charge is 0.334 e. The molecule has 4 heterocycles. The van der Waals surface area contributed by atoms with Gasteiger partial charge in [0.1, 0.15) is 12.4 Å². The van der Waals surface area contributed by atoms with Crippen molar-refractivity contribution >= 4 is 23.2 Å². The molecule has 0 radical (unpaired) electrons. The highest BCUT2D eigenvalue weighted by molar-refractivity contribution is 6.30. The van der Waals surface area contributed by atoms with E-state index in [0.717, 1.165) is 24.3 Å². The van der Waals surface area contributed by atoms with Crippen LogP contribution in [-0.2, 0) is 27.4 Å². The minimum Gasteiger partial charge on any atom is -0.334 e. The Bertz CT molecular complexity index is 1320. The van der Waals surface area contributed by atoms with Gasteiger partial charge in [0.15, 0.2) is 5.67 Å². The van der Waals surface area contributed by atoms with Crippen molar-refractivity contribution in [3.8, 4) is 0 Å². The van der Waals surface area contributed by atoms with E-state index < -0.39 is 33.8 Å². The molecule has 1 atom stereocenters. The molecular formula is C23H17ClF5N5O2. The second kappa shape index (κ2) is 8.56. The van der Waals surface area contributed by atoms with Gasteiger partial charge in [-0.25, -0.2) is 8.78 Å². The Balaban J connectivity index is 1.33. The largest absolute Gasteiger partial charge is 0.428 e. The van der Waals surface area contributed by atoms with E-state index in [1.807, 2.05) is 0 Å². The maximum Gasteiger partial charge on any atom is 0.428 e. The Morgan fingerprint density at radius 1 is 1.22 bits per heavy atom. The van der Waals surface area contributed by atoms with Gasteiger partial charge in [-0.05, 0) is 36.4 Å². The number of rotatable bonds is 5. The van der Waals surface area contributed by atoms with Crippen molar-refractivity contribution in [3.63, 3.8) is 0 Å². The molecule has 0 bridgehead atoms. The average molecular weight is 526 g/mol. The van der Waals surface area contributed by atoms with Crippen LogP contribution in [0.5, 0.6) is 0 Å². The zero-order valence-electron chi connectivity index (χ0n) is 18.3. The summed E-state index contributed by atoms with van der Waals surface area (Å²) in [5.41, 5.74) is -2.81. The van der Waals surface area contributed by atoms with Crippen molar-refractivity contribution in [1.29, 1.82) is 0 Å². The third-order valence-corrected chi connectivity index (χ3v) is 6.35. The quantitative estimate of drug-likeness (QED) is 0.508. The molecule has 3 aromatic rings. The second-order valence-electron chi connectivity index (χ2n) is 8.48. The van der Waals surface area contributed by atoms with Crippen molar-refractivity contribution < 1.29 is 31.6 Å². The van der Waals surface area contributed by atoms with Gasteiger partial charge in [0.2, 0.25) is 11.5 Å². The molecule has 2 aliphatic heterocycles. The minimum atomic E-state index is -4.92. The number of hydroxylamine groups is 1. The first-order valence-corrected chi connectivity index (χ1v) is 11.0. The molecule has 36 heavy (non-hydrogen) atoms. The van der Waals surface area contributed by atoms with E-state index in [0.29, 0.717) is 0 Å². The Labute approximate surface area is 206 Å². The van der Waals surface area contributed by atoms with E-state index in [9.17, 15) is 22.4 Å². The van der Waals surface area contributed by atoms with Gasteiger partial charge >= 0.3 is 6.18 Å². The van der Waals surface area contributed by atoms with Gasteiger partial charge in [0.25, 0.3) is 0 Å². The Hall–Kier alpha value is -3.51. The Morgan fingerprint density at radius 2 is 2.00 bits per heavy atom. The van der Waals surface area contributed by atoms with Crippen LogP contribution in [0.15, 0.2) is 61.1 Å². The normalized spacial score (nSPS) is 21.1. The molecular weight excluding hydrogens is 509 g/mol. The number of benzene rings is 1. The van der Waals surface area contributed by atoms with E-state index in [4.69, 9.17) is 16.4 Å². The van der Waals surface area contributed by atoms with Gasteiger partial charge in [0.05, 0.1) is 29.5 Å². The third kappa shape index (κ3) is 4.09. The molecule has 0 aliphatic carbocycles. The lowest BCUT2D eigenvalue weighted by atomic mass is 9.90. The van der Waals surface area contributed by atoms with Crippen LogP contribution in [0, 0.1) is 5.82 Å². The number of carbonyl (C=O) groups excluding carboxylic acids is 1. The summed E-state index contributed by atoms with van der Waals surface area (Å²) in [5.74, 6) is -1.17. The highest BCUT2D eigenvalue weighted by atomic mass is 35.5. The van der Waals surface area contributed by atoms with Gasteiger partial charge in [-0.15, -0.1) is 0 Å². The number of carbonyl (C=O) groups is 1. The van der Waals surface area contributed by atoms with E-state index in [-0.39, 0.29) is 42.5 Å². The summed E-state index contributed by atoms with van der Waals surface area (Å²) in [6, 6.07) is 7.00. The van der Waals surface area contributed by atoms with Crippen molar-refractivity contribution in [3.05, 3.63) is 88.7 Å². The number of likely N-dealkylation sites (tertiary alicyclic amines) is 1. The van der Waals surface area contributed by atoms with Gasteiger partial charge in [0, 0.05) is 29.7 Å². The summed E-state index contributed by atoms with van der Waals surface area (Å²) in [7, 11) is 0. The standard InChI is InChI=1S/C23H17ClF5N5O2/c24-16-8-15(3-4-17(16)25)22(23(27,28)29)9-18(32-36-22)14-2-5-19(30-10-14)21(26)12-33(13-21)20(35)11-34-7-1-6-31-34/h1-10,32H,11-13H2. The molecule has 188 valence electrons. The highest BCUT2D eigenvalue weighted by Gasteiger charge is 2.59. The molecule has 7 nitrogen and oxygen atoms in total. The van der Waals surface area contributed by atoms with Crippen LogP contribution in [0.1, 0.15) is 16.8 Å². The van der Waals surface area contributed by atoms with Gasteiger partial charge in [-0.2, -0.15) is 18.3 Å². The fourth-order valence-electron chi connectivity index (χ4n) is 4.06. The Morgan fingerprint density at radius 3 is 2.61 bits per heavy atom. The van der Waals surface area contributed by atoms with Crippen LogP contribution in [-0.4, -0.2) is 44.8 Å². The first-order chi connectivity index (χ1) is 17.0. The number of nitrogens with one attached hydrogen (secondary N) is 1. The van der Waals surface area contributed by atoms with Gasteiger partial charge < -0.3 is 4.90 Å². The summed E-state index contributed by atoms with van der Waals surface area (Å²) >= 11 is 5.69. The molecule has 1 saturated heterocycles. The Kier molecular flexibility index (Phi) is 5.75. The van der Waals surface area contributed by atoms with E-state index in [1.54, 1.807) is 12.3 Å². The van der Waals surface area contributed by atoms with Crippen molar-refractivity contribution in [2.45, 2.75) is 24.0 Å². The SMILES string of the molecule is O=C(Cn1cccn1)N1CC(F)(c2ccc(C3=CC(c4ccc(F)c(Cl)c4)(C(F)(F)F)ON3)cn2)C1. The zero-order chi connectivity index (χ0) is 25.7. The lowest BCUT2D eigenvalue weighted by Gasteiger charge is -2.43.